The van der Waals surface area contributed by atoms with Crippen LogP contribution in [0.3, 0.4) is 0 Å². The van der Waals surface area contributed by atoms with Gasteiger partial charge < -0.3 is 9.15 Å². The minimum Gasteiger partial charge on any atom is -0.437 e. The van der Waals surface area contributed by atoms with Crippen molar-refractivity contribution < 1.29 is 9.15 Å². The van der Waals surface area contributed by atoms with Crippen LogP contribution >= 0.6 is 11.6 Å². The second-order valence-electron chi connectivity index (χ2n) is 2.79. The standard InChI is InChI=1S/C9H8ClN3O2/c1-14-5-6-2-13-9(15-6)7-3-12-8(10)4-11-7/h2-4H,5H2,1H3. The van der Waals surface area contributed by atoms with Crippen LogP contribution in [0.4, 0.5) is 0 Å². The molecule has 0 unspecified atom stereocenters. The highest BCUT2D eigenvalue weighted by Crippen LogP contribution is 2.16. The van der Waals surface area contributed by atoms with Crippen molar-refractivity contribution in [3.8, 4) is 11.6 Å². The molecule has 0 aliphatic rings. The zero-order valence-electron chi connectivity index (χ0n) is 7.98. The van der Waals surface area contributed by atoms with Gasteiger partial charge in [0.2, 0.25) is 5.89 Å². The van der Waals surface area contributed by atoms with Crippen molar-refractivity contribution in [2.45, 2.75) is 6.61 Å². The average molecular weight is 226 g/mol. The van der Waals surface area contributed by atoms with E-state index in [9.17, 15) is 0 Å². The minimum absolute atomic E-state index is 0.336. The van der Waals surface area contributed by atoms with E-state index in [0.29, 0.717) is 29.1 Å². The molecule has 6 heteroatoms. The summed E-state index contributed by atoms with van der Waals surface area (Å²) < 4.78 is 10.3. The van der Waals surface area contributed by atoms with Crippen LogP contribution in [-0.4, -0.2) is 22.1 Å². The summed E-state index contributed by atoms with van der Waals surface area (Å²) in [6.07, 6.45) is 4.54. The summed E-state index contributed by atoms with van der Waals surface area (Å²) in [4.78, 5) is 12.0. The van der Waals surface area contributed by atoms with E-state index in [1.165, 1.54) is 12.4 Å². The van der Waals surface area contributed by atoms with Crippen molar-refractivity contribution >= 4 is 11.6 Å². The second-order valence-corrected chi connectivity index (χ2v) is 3.18. The zero-order valence-corrected chi connectivity index (χ0v) is 8.73. The Labute approximate surface area is 91.1 Å². The molecule has 2 aromatic rings. The predicted octanol–water partition coefficient (Wildman–Crippen LogP) is 1.93. The number of ether oxygens (including phenoxy) is 1. The van der Waals surface area contributed by atoms with Crippen molar-refractivity contribution in [3.63, 3.8) is 0 Å². The van der Waals surface area contributed by atoms with Crippen molar-refractivity contribution in [2.24, 2.45) is 0 Å². The Morgan fingerprint density at radius 3 is 2.80 bits per heavy atom. The molecule has 0 saturated carbocycles. The van der Waals surface area contributed by atoms with E-state index in [0.717, 1.165) is 0 Å². The maximum absolute atomic E-state index is 5.61. The summed E-state index contributed by atoms with van der Waals surface area (Å²) in [5.41, 5.74) is 0.543. The van der Waals surface area contributed by atoms with Gasteiger partial charge in [-0.2, -0.15) is 0 Å². The van der Waals surface area contributed by atoms with Gasteiger partial charge in [0.15, 0.2) is 5.76 Å². The topological polar surface area (TPSA) is 61.0 Å². The van der Waals surface area contributed by atoms with E-state index in [2.05, 4.69) is 15.0 Å². The Kier molecular flexibility index (Phi) is 2.94. The molecule has 2 heterocycles. The number of hydrogen-bond donors (Lipinski definition) is 0. The summed E-state index contributed by atoms with van der Waals surface area (Å²) >= 11 is 5.61. The second kappa shape index (κ2) is 4.37. The van der Waals surface area contributed by atoms with E-state index in [1.807, 2.05) is 0 Å². The lowest BCUT2D eigenvalue weighted by Gasteiger charge is -1.94. The number of methoxy groups -OCH3 is 1. The molecule has 0 fully saturated rings. The fourth-order valence-corrected chi connectivity index (χ4v) is 1.16. The van der Waals surface area contributed by atoms with Crippen LogP contribution in [0.25, 0.3) is 11.6 Å². The molecule has 0 amide bonds. The summed E-state index contributed by atoms with van der Waals surface area (Å²) in [5, 5.41) is 0.336. The molecule has 0 spiro atoms. The van der Waals surface area contributed by atoms with Gasteiger partial charge in [0.25, 0.3) is 0 Å². The highest BCUT2D eigenvalue weighted by Gasteiger charge is 2.07. The van der Waals surface area contributed by atoms with Crippen LogP contribution in [0.1, 0.15) is 5.76 Å². The molecule has 2 rings (SSSR count). The van der Waals surface area contributed by atoms with Gasteiger partial charge in [-0.3, -0.25) is 0 Å². The molecule has 0 atom stereocenters. The first-order valence-electron chi connectivity index (χ1n) is 4.21. The van der Waals surface area contributed by atoms with Gasteiger partial charge >= 0.3 is 0 Å². The summed E-state index contributed by atoms with van der Waals surface area (Å²) in [6.45, 7) is 0.383. The quantitative estimate of drug-likeness (QED) is 0.799. The van der Waals surface area contributed by atoms with Gasteiger partial charge in [-0.25, -0.2) is 15.0 Å². The maximum Gasteiger partial charge on any atom is 0.246 e. The molecule has 0 N–H and O–H groups in total. The lowest BCUT2D eigenvalue weighted by Crippen LogP contribution is -1.85. The van der Waals surface area contributed by atoms with Gasteiger partial charge in [-0.15, -0.1) is 0 Å². The van der Waals surface area contributed by atoms with E-state index in [1.54, 1.807) is 13.3 Å². The minimum atomic E-state index is 0.336. The number of oxazole rings is 1. The number of aromatic nitrogens is 3. The Hall–Kier alpha value is -1.46. The molecular weight excluding hydrogens is 218 g/mol. The fraction of sp³-hybridized carbons (Fsp3) is 0.222. The third kappa shape index (κ3) is 2.31. The highest BCUT2D eigenvalue weighted by molar-refractivity contribution is 6.29. The lowest BCUT2D eigenvalue weighted by atomic mass is 10.4. The molecular formula is C9H8ClN3O2. The molecule has 78 valence electrons. The van der Waals surface area contributed by atoms with Crippen LogP contribution in [-0.2, 0) is 11.3 Å². The highest BCUT2D eigenvalue weighted by atomic mass is 35.5. The SMILES string of the molecule is COCc1cnc(-c2cnc(Cl)cn2)o1. The first-order valence-corrected chi connectivity index (χ1v) is 4.59. The zero-order chi connectivity index (χ0) is 10.7. The molecule has 0 aromatic carbocycles. The van der Waals surface area contributed by atoms with E-state index in [-0.39, 0.29) is 0 Å². The lowest BCUT2D eigenvalue weighted by molar-refractivity contribution is 0.165. The molecule has 0 radical (unpaired) electrons. The molecule has 5 nitrogen and oxygen atoms in total. The van der Waals surface area contributed by atoms with Crippen LogP contribution in [0.2, 0.25) is 5.15 Å². The maximum atomic E-state index is 5.61. The normalized spacial score (nSPS) is 10.5. The van der Waals surface area contributed by atoms with Crippen LogP contribution in [0.5, 0.6) is 0 Å². The number of halogens is 1. The van der Waals surface area contributed by atoms with Crippen molar-refractivity contribution in [3.05, 3.63) is 29.5 Å². The number of hydrogen-bond acceptors (Lipinski definition) is 5. The third-order valence-electron chi connectivity index (χ3n) is 1.68. The molecule has 0 bridgehead atoms. The Bertz CT molecular complexity index is 441. The molecule has 15 heavy (non-hydrogen) atoms. The first kappa shape index (κ1) is 10.1. The predicted molar refractivity (Wildman–Crippen MR) is 53.3 cm³/mol. The summed E-state index contributed by atoms with van der Waals surface area (Å²) in [6, 6.07) is 0. The van der Waals surface area contributed by atoms with Crippen LogP contribution in [0, 0.1) is 0 Å². The van der Waals surface area contributed by atoms with Crippen molar-refractivity contribution in [2.75, 3.05) is 7.11 Å². The Balaban J connectivity index is 2.25. The van der Waals surface area contributed by atoms with Crippen molar-refractivity contribution in [1.82, 2.24) is 15.0 Å². The Morgan fingerprint density at radius 1 is 1.27 bits per heavy atom. The monoisotopic (exact) mass is 225 g/mol. The van der Waals surface area contributed by atoms with Gasteiger partial charge in [0.1, 0.15) is 17.5 Å². The molecule has 0 aliphatic carbocycles. The average Bonchev–Trinajstić information content (AvgIpc) is 2.68. The van der Waals surface area contributed by atoms with Gasteiger partial charge in [0.05, 0.1) is 18.6 Å². The largest absolute Gasteiger partial charge is 0.437 e. The van der Waals surface area contributed by atoms with E-state index >= 15 is 0 Å². The van der Waals surface area contributed by atoms with Crippen LogP contribution < -0.4 is 0 Å². The van der Waals surface area contributed by atoms with E-state index < -0.39 is 0 Å². The van der Waals surface area contributed by atoms with Crippen molar-refractivity contribution in [1.29, 1.82) is 0 Å². The fourth-order valence-electron chi connectivity index (χ4n) is 1.06. The Morgan fingerprint density at radius 2 is 2.13 bits per heavy atom. The number of rotatable bonds is 3. The molecule has 2 aromatic heterocycles. The first-order chi connectivity index (χ1) is 7.29. The van der Waals surface area contributed by atoms with Crippen LogP contribution in [0.15, 0.2) is 23.0 Å². The number of nitrogens with zero attached hydrogens (tertiary/aromatic N) is 3. The smallest absolute Gasteiger partial charge is 0.246 e. The molecule has 0 saturated heterocycles. The summed E-state index contributed by atoms with van der Waals surface area (Å²) in [7, 11) is 1.59. The van der Waals surface area contributed by atoms with Gasteiger partial charge in [0, 0.05) is 7.11 Å². The van der Waals surface area contributed by atoms with Gasteiger partial charge in [-0.1, -0.05) is 11.6 Å². The molecule has 0 aliphatic heterocycles. The summed E-state index contributed by atoms with van der Waals surface area (Å²) in [5.74, 6) is 1.05. The third-order valence-corrected chi connectivity index (χ3v) is 1.87. The van der Waals surface area contributed by atoms with E-state index in [4.69, 9.17) is 20.8 Å². The van der Waals surface area contributed by atoms with Gasteiger partial charge in [-0.05, 0) is 0 Å².